The molecule has 5 aromatic rings. The van der Waals surface area contributed by atoms with E-state index in [0.717, 1.165) is 0 Å². The number of nitrogens with one attached hydrogen (secondary N) is 1. The van der Waals surface area contributed by atoms with Crippen molar-refractivity contribution in [1.29, 1.82) is 0 Å². The van der Waals surface area contributed by atoms with Crippen molar-refractivity contribution in [3.8, 4) is 11.5 Å². The molecule has 0 bridgehead atoms. The number of nitrogens with zero attached hydrogens (tertiary/aromatic N) is 2. The fourth-order valence-electron chi connectivity index (χ4n) is 4.63. The topological polar surface area (TPSA) is 118 Å². The molecule has 1 unspecified atom stereocenters. The molecule has 0 fully saturated rings. The molecule has 1 atom stereocenters. The fraction of sp³-hybridized carbons (Fsp3) is 0.107. The van der Waals surface area contributed by atoms with Crippen molar-refractivity contribution in [2.45, 2.75) is 6.04 Å². The third kappa shape index (κ3) is 3.75. The minimum atomic E-state index is -1.000. The molecule has 0 radical (unpaired) electrons. The zero-order chi connectivity index (χ0) is 26.6. The van der Waals surface area contributed by atoms with Gasteiger partial charge in [0.25, 0.3) is 5.91 Å². The van der Waals surface area contributed by atoms with Crippen LogP contribution in [0.1, 0.15) is 22.2 Å². The smallest absolute Gasteiger partial charge is 0.296 e. The molecular weight excluding hydrogens is 510 g/mol. The molecule has 9 nitrogen and oxygen atoms in total. The highest BCUT2D eigenvalue weighted by Gasteiger charge is 2.46. The zero-order valence-electron chi connectivity index (χ0n) is 20.2. The SMILES string of the molecule is COc1ccc(C2C(C(=O)c3cc4cc(Cl)ccc4o3)=C(O)C(=O)N2c2nc3ccc(OC)cc3[nH]2)cc1. The van der Waals surface area contributed by atoms with Gasteiger partial charge < -0.3 is 24.0 Å². The molecule has 6 rings (SSSR count). The number of hydrogen-bond acceptors (Lipinski definition) is 7. The van der Waals surface area contributed by atoms with Crippen LogP contribution in [0, 0.1) is 0 Å². The number of ketones is 1. The van der Waals surface area contributed by atoms with E-state index in [4.69, 9.17) is 25.5 Å². The van der Waals surface area contributed by atoms with Crippen molar-refractivity contribution in [1.82, 2.24) is 9.97 Å². The number of H-pyrrole nitrogens is 1. The predicted molar refractivity (Wildman–Crippen MR) is 141 cm³/mol. The highest BCUT2D eigenvalue weighted by molar-refractivity contribution is 6.31. The Morgan fingerprint density at radius 3 is 2.50 bits per heavy atom. The largest absolute Gasteiger partial charge is 0.503 e. The Bertz CT molecular complexity index is 1770. The Labute approximate surface area is 220 Å². The number of furan rings is 1. The van der Waals surface area contributed by atoms with Crippen molar-refractivity contribution in [2.24, 2.45) is 0 Å². The zero-order valence-corrected chi connectivity index (χ0v) is 20.9. The Kier molecular flexibility index (Phi) is 5.57. The lowest BCUT2D eigenvalue weighted by molar-refractivity contribution is -0.117. The number of carbonyl (C=O) groups is 2. The van der Waals surface area contributed by atoms with Crippen LogP contribution in [0.15, 0.2) is 82.5 Å². The predicted octanol–water partition coefficient (Wildman–Crippen LogP) is 5.76. The van der Waals surface area contributed by atoms with Crippen LogP contribution < -0.4 is 14.4 Å². The number of hydrogen-bond donors (Lipinski definition) is 2. The Balaban J connectivity index is 1.49. The van der Waals surface area contributed by atoms with E-state index in [0.29, 0.717) is 44.1 Å². The molecule has 2 aromatic heterocycles. The lowest BCUT2D eigenvalue weighted by Gasteiger charge is -2.24. The molecule has 0 aliphatic carbocycles. The van der Waals surface area contributed by atoms with Crippen molar-refractivity contribution >= 4 is 51.2 Å². The standard InChI is InChI=1S/C28H20ClN3O6/c1-36-17-6-3-14(4-7-17)24-23(25(33)22-12-15-11-16(29)5-10-21(15)38-22)26(34)27(35)32(24)28-30-19-9-8-18(37-2)13-20(19)31-28/h3-13,24,34H,1-2H3,(H,30,31). The van der Waals surface area contributed by atoms with E-state index in [1.165, 1.54) is 18.1 Å². The highest BCUT2D eigenvalue weighted by atomic mass is 35.5. The molecule has 0 saturated carbocycles. The fourth-order valence-corrected chi connectivity index (χ4v) is 4.81. The second-order valence-corrected chi connectivity index (χ2v) is 9.11. The van der Waals surface area contributed by atoms with Crippen molar-refractivity contribution in [2.75, 3.05) is 19.1 Å². The molecule has 1 aliphatic heterocycles. The maximum Gasteiger partial charge on any atom is 0.296 e. The molecule has 1 aliphatic rings. The molecule has 3 aromatic carbocycles. The van der Waals surface area contributed by atoms with Gasteiger partial charge in [0.2, 0.25) is 11.7 Å². The van der Waals surface area contributed by atoms with Crippen LogP contribution >= 0.6 is 11.6 Å². The summed E-state index contributed by atoms with van der Waals surface area (Å²) in [5.74, 6) is -0.781. The van der Waals surface area contributed by atoms with Gasteiger partial charge in [-0.05, 0) is 54.1 Å². The van der Waals surface area contributed by atoms with Gasteiger partial charge in [0.15, 0.2) is 11.5 Å². The minimum absolute atomic E-state index is 0.0358. The van der Waals surface area contributed by atoms with Gasteiger partial charge in [-0.2, -0.15) is 0 Å². The first-order valence-electron chi connectivity index (χ1n) is 11.6. The number of ether oxygens (including phenoxy) is 2. The number of benzene rings is 3. The van der Waals surface area contributed by atoms with Gasteiger partial charge in [0, 0.05) is 16.5 Å². The first-order valence-corrected chi connectivity index (χ1v) is 11.9. The van der Waals surface area contributed by atoms with Crippen LogP contribution in [0.5, 0.6) is 11.5 Å². The molecule has 0 saturated heterocycles. The molecular formula is C28H20ClN3O6. The van der Waals surface area contributed by atoms with Gasteiger partial charge in [0.1, 0.15) is 17.1 Å². The molecule has 38 heavy (non-hydrogen) atoms. The van der Waals surface area contributed by atoms with Crippen molar-refractivity contribution in [3.63, 3.8) is 0 Å². The molecule has 1 amide bonds. The number of halogens is 1. The molecule has 0 spiro atoms. The van der Waals surface area contributed by atoms with Gasteiger partial charge in [-0.3, -0.25) is 14.5 Å². The quantitative estimate of drug-likeness (QED) is 0.268. The van der Waals surface area contributed by atoms with Crippen LogP contribution in [-0.4, -0.2) is 41.0 Å². The third-order valence-electron chi connectivity index (χ3n) is 6.49. The summed E-state index contributed by atoms with van der Waals surface area (Å²) in [6.45, 7) is 0. The minimum Gasteiger partial charge on any atom is -0.503 e. The third-order valence-corrected chi connectivity index (χ3v) is 6.73. The van der Waals surface area contributed by atoms with E-state index in [1.807, 2.05) is 0 Å². The Hall–Kier alpha value is -4.76. The number of aromatic nitrogens is 2. The van der Waals surface area contributed by atoms with Gasteiger partial charge in [-0.25, -0.2) is 4.98 Å². The van der Waals surface area contributed by atoms with Gasteiger partial charge in [-0.15, -0.1) is 0 Å². The molecule has 10 heteroatoms. The van der Waals surface area contributed by atoms with Crippen LogP contribution in [0.25, 0.3) is 22.0 Å². The van der Waals surface area contributed by atoms with E-state index in [2.05, 4.69) is 9.97 Å². The van der Waals surface area contributed by atoms with E-state index in [1.54, 1.807) is 67.8 Å². The summed E-state index contributed by atoms with van der Waals surface area (Å²) in [4.78, 5) is 36.2. The van der Waals surface area contributed by atoms with Crippen molar-refractivity contribution in [3.05, 3.63) is 94.4 Å². The Morgan fingerprint density at radius 2 is 1.76 bits per heavy atom. The molecule has 2 N–H and O–H groups in total. The van der Waals surface area contributed by atoms with E-state index in [9.17, 15) is 14.7 Å². The first-order chi connectivity index (χ1) is 18.4. The van der Waals surface area contributed by atoms with Crippen LogP contribution in [0.4, 0.5) is 5.95 Å². The lowest BCUT2D eigenvalue weighted by atomic mass is 9.95. The summed E-state index contributed by atoms with van der Waals surface area (Å²) in [6.07, 6.45) is 0. The Morgan fingerprint density at radius 1 is 1.03 bits per heavy atom. The summed E-state index contributed by atoms with van der Waals surface area (Å²) < 4.78 is 16.3. The van der Waals surface area contributed by atoms with E-state index < -0.39 is 23.5 Å². The summed E-state index contributed by atoms with van der Waals surface area (Å²) in [5.41, 5.74) is 2.07. The lowest BCUT2D eigenvalue weighted by Crippen LogP contribution is -2.32. The number of amides is 1. The summed E-state index contributed by atoms with van der Waals surface area (Å²) >= 11 is 6.09. The number of rotatable bonds is 6. The average molecular weight is 530 g/mol. The van der Waals surface area contributed by atoms with Gasteiger partial charge >= 0.3 is 0 Å². The van der Waals surface area contributed by atoms with Crippen LogP contribution in [0.3, 0.4) is 0 Å². The van der Waals surface area contributed by atoms with Crippen LogP contribution in [0.2, 0.25) is 5.02 Å². The summed E-state index contributed by atoms with van der Waals surface area (Å²) in [6, 6.07) is 17.6. The number of fused-ring (bicyclic) bond motifs is 2. The monoisotopic (exact) mass is 529 g/mol. The van der Waals surface area contributed by atoms with Gasteiger partial charge in [0.05, 0.1) is 36.9 Å². The van der Waals surface area contributed by atoms with Crippen molar-refractivity contribution < 1.29 is 28.6 Å². The first kappa shape index (κ1) is 23.6. The second-order valence-electron chi connectivity index (χ2n) is 8.68. The number of aliphatic hydroxyl groups is 1. The number of imidazole rings is 1. The maximum absolute atomic E-state index is 13.8. The second kappa shape index (κ2) is 8.97. The summed E-state index contributed by atoms with van der Waals surface area (Å²) in [7, 11) is 3.09. The van der Waals surface area contributed by atoms with E-state index >= 15 is 0 Å². The molecule has 3 heterocycles. The molecule has 190 valence electrons. The number of Topliss-reactive ketones (excluding diaryl/α,β-unsaturated/α-hetero) is 1. The average Bonchev–Trinajstić information content (AvgIpc) is 3.61. The highest BCUT2D eigenvalue weighted by Crippen LogP contribution is 2.42. The van der Waals surface area contributed by atoms with E-state index in [-0.39, 0.29) is 17.3 Å². The number of methoxy groups -OCH3 is 2. The number of aliphatic hydroxyl groups excluding tert-OH is 1. The van der Waals surface area contributed by atoms with Gasteiger partial charge in [-0.1, -0.05) is 23.7 Å². The number of anilines is 1. The summed E-state index contributed by atoms with van der Waals surface area (Å²) in [5, 5.41) is 12.2. The van der Waals surface area contributed by atoms with Crippen LogP contribution in [-0.2, 0) is 4.79 Å². The normalized spacial score (nSPS) is 15.6. The number of aromatic amines is 1. The maximum atomic E-state index is 13.8. The number of carbonyl (C=O) groups excluding carboxylic acids is 2.